The number of rotatable bonds is 4. The standard InChI is InChI=1S/C12H17NO3/c1-3-10(7-14)13-12(16)9-5-4-8(2)11(15)6-9/h4-6,10,14-15H,3,7H2,1-2H3,(H,13,16)/t10-/m1/s1. The van der Waals surface area contributed by atoms with Gasteiger partial charge in [0.05, 0.1) is 12.6 Å². The maximum absolute atomic E-state index is 11.7. The summed E-state index contributed by atoms with van der Waals surface area (Å²) in [5.74, 6) is -0.180. The van der Waals surface area contributed by atoms with Gasteiger partial charge in [0.1, 0.15) is 5.75 Å². The SMILES string of the molecule is CC[C@H](CO)NC(=O)c1ccc(C)c(O)c1. The molecule has 1 atom stereocenters. The average Bonchev–Trinajstić information content (AvgIpc) is 2.29. The zero-order chi connectivity index (χ0) is 12.1. The van der Waals surface area contributed by atoms with E-state index < -0.39 is 0 Å². The lowest BCUT2D eigenvalue weighted by molar-refractivity contribution is 0.0914. The van der Waals surface area contributed by atoms with Crippen molar-refractivity contribution in [3.8, 4) is 5.75 Å². The van der Waals surface area contributed by atoms with Crippen LogP contribution in [-0.2, 0) is 0 Å². The van der Waals surface area contributed by atoms with E-state index in [2.05, 4.69) is 5.32 Å². The van der Waals surface area contributed by atoms with Gasteiger partial charge in [-0.2, -0.15) is 0 Å². The second kappa shape index (κ2) is 5.51. The van der Waals surface area contributed by atoms with E-state index in [1.807, 2.05) is 6.92 Å². The van der Waals surface area contributed by atoms with E-state index in [1.54, 1.807) is 19.1 Å². The second-order valence-electron chi connectivity index (χ2n) is 3.76. The molecule has 1 amide bonds. The summed E-state index contributed by atoms with van der Waals surface area (Å²) >= 11 is 0. The summed E-state index contributed by atoms with van der Waals surface area (Å²) in [5.41, 5.74) is 1.13. The Hall–Kier alpha value is -1.55. The van der Waals surface area contributed by atoms with Crippen molar-refractivity contribution in [2.45, 2.75) is 26.3 Å². The molecule has 0 bridgehead atoms. The topological polar surface area (TPSA) is 69.6 Å². The molecule has 1 rings (SSSR count). The average molecular weight is 223 g/mol. The number of amides is 1. The van der Waals surface area contributed by atoms with Crippen LogP contribution in [0.4, 0.5) is 0 Å². The van der Waals surface area contributed by atoms with E-state index in [4.69, 9.17) is 5.11 Å². The highest BCUT2D eigenvalue weighted by atomic mass is 16.3. The molecule has 0 aliphatic heterocycles. The summed E-state index contributed by atoms with van der Waals surface area (Å²) in [6.45, 7) is 3.56. The van der Waals surface area contributed by atoms with Gasteiger partial charge in [0.2, 0.25) is 0 Å². The second-order valence-corrected chi connectivity index (χ2v) is 3.76. The lowest BCUT2D eigenvalue weighted by atomic mass is 10.1. The molecule has 0 radical (unpaired) electrons. The molecule has 4 nitrogen and oxygen atoms in total. The van der Waals surface area contributed by atoms with Crippen LogP contribution in [-0.4, -0.2) is 28.8 Å². The van der Waals surface area contributed by atoms with Crippen molar-refractivity contribution in [2.24, 2.45) is 0 Å². The number of carbonyl (C=O) groups is 1. The maximum Gasteiger partial charge on any atom is 0.251 e. The Morgan fingerprint density at radius 2 is 2.19 bits per heavy atom. The highest BCUT2D eigenvalue weighted by Gasteiger charge is 2.12. The summed E-state index contributed by atoms with van der Waals surface area (Å²) in [4.78, 5) is 11.7. The van der Waals surface area contributed by atoms with Crippen molar-refractivity contribution < 1.29 is 15.0 Å². The molecule has 0 heterocycles. The normalized spacial score (nSPS) is 12.2. The van der Waals surface area contributed by atoms with Crippen LogP contribution in [0.25, 0.3) is 0 Å². The first kappa shape index (κ1) is 12.5. The molecule has 0 fully saturated rings. The van der Waals surface area contributed by atoms with Gasteiger partial charge in [0, 0.05) is 5.56 Å². The Balaban J connectivity index is 2.76. The molecular formula is C12H17NO3. The molecule has 0 unspecified atom stereocenters. The maximum atomic E-state index is 11.7. The highest BCUT2D eigenvalue weighted by Crippen LogP contribution is 2.17. The summed E-state index contributed by atoms with van der Waals surface area (Å²) in [7, 11) is 0. The van der Waals surface area contributed by atoms with Crippen LogP contribution in [0.15, 0.2) is 18.2 Å². The predicted octanol–water partition coefficient (Wildman–Crippen LogP) is 1.20. The van der Waals surface area contributed by atoms with Gasteiger partial charge in [0.15, 0.2) is 0 Å². The fourth-order valence-electron chi connectivity index (χ4n) is 1.30. The number of phenolic OH excluding ortho intramolecular Hbond substituents is 1. The quantitative estimate of drug-likeness (QED) is 0.718. The largest absolute Gasteiger partial charge is 0.508 e. The highest BCUT2D eigenvalue weighted by molar-refractivity contribution is 5.94. The minimum absolute atomic E-state index is 0.0833. The van der Waals surface area contributed by atoms with Crippen molar-refractivity contribution in [2.75, 3.05) is 6.61 Å². The summed E-state index contributed by atoms with van der Waals surface area (Å²) in [6, 6.07) is 4.52. The van der Waals surface area contributed by atoms with Crippen molar-refractivity contribution in [1.82, 2.24) is 5.32 Å². The third-order valence-electron chi connectivity index (χ3n) is 2.52. The van der Waals surface area contributed by atoms with Gasteiger partial charge in [-0.05, 0) is 31.0 Å². The van der Waals surface area contributed by atoms with Crippen LogP contribution in [0, 0.1) is 6.92 Å². The number of carbonyl (C=O) groups excluding carboxylic acids is 1. The summed E-state index contributed by atoms with van der Waals surface area (Å²) in [6.07, 6.45) is 0.667. The Morgan fingerprint density at radius 3 is 2.69 bits per heavy atom. The van der Waals surface area contributed by atoms with Crippen LogP contribution >= 0.6 is 0 Å². The van der Waals surface area contributed by atoms with Crippen molar-refractivity contribution in [3.63, 3.8) is 0 Å². The van der Waals surface area contributed by atoms with Gasteiger partial charge in [-0.3, -0.25) is 4.79 Å². The molecule has 0 aromatic heterocycles. The summed E-state index contributed by atoms with van der Waals surface area (Å²) < 4.78 is 0. The fraction of sp³-hybridized carbons (Fsp3) is 0.417. The number of nitrogens with one attached hydrogen (secondary N) is 1. The lowest BCUT2D eigenvalue weighted by Gasteiger charge is -2.14. The van der Waals surface area contributed by atoms with Gasteiger partial charge in [-0.15, -0.1) is 0 Å². The Morgan fingerprint density at radius 1 is 1.50 bits per heavy atom. The van der Waals surface area contributed by atoms with E-state index >= 15 is 0 Å². The Kier molecular flexibility index (Phi) is 4.31. The number of aliphatic hydroxyl groups excluding tert-OH is 1. The number of aryl methyl sites for hydroxylation is 1. The smallest absolute Gasteiger partial charge is 0.251 e. The third-order valence-corrected chi connectivity index (χ3v) is 2.52. The Bertz CT molecular complexity index is 373. The predicted molar refractivity (Wildman–Crippen MR) is 61.5 cm³/mol. The van der Waals surface area contributed by atoms with E-state index in [-0.39, 0.29) is 24.3 Å². The van der Waals surface area contributed by atoms with Gasteiger partial charge in [0.25, 0.3) is 5.91 Å². The number of hydrogen-bond donors (Lipinski definition) is 3. The van der Waals surface area contributed by atoms with Crippen molar-refractivity contribution in [3.05, 3.63) is 29.3 Å². The molecule has 0 spiro atoms. The molecule has 1 aromatic rings. The van der Waals surface area contributed by atoms with Crippen LogP contribution in [0.2, 0.25) is 0 Å². The first-order valence-electron chi connectivity index (χ1n) is 5.29. The molecular weight excluding hydrogens is 206 g/mol. The minimum Gasteiger partial charge on any atom is -0.508 e. The zero-order valence-electron chi connectivity index (χ0n) is 9.53. The molecule has 88 valence electrons. The fourth-order valence-corrected chi connectivity index (χ4v) is 1.30. The number of hydrogen-bond acceptors (Lipinski definition) is 3. The number of phenols is 1. The molecule has 3 N–H and O–H groups in total. The van der Waals surface area contributed by atoms with Gasteiger partial charge in [-0.25, -0.2) is 0 Å². The van der Waals surface area contributed by atoms with Gasteiger partial charge < -0.3 is 15.5 Å². The minimum atomic E-state index is -0.281. The first-order valence-corrected chi connectivity index (χ1v) is 5.29. The van der Waals surface area contributed by atoms with E-state index in [0.717, 1.165) is 5.56 Å². The molecule has 16 heavy (non-hydrogen) atoms. The van der Waals surface area contributed by atoms with Crippen LogP contribution in [0.1, 0.15) is 29.3 Å². The number of aliphatic hydroxyl groups is 1. The van der Waals surface area contributed by atoms with Gasteiger partial charge in [-0.1, -0.05) is 13.0 Å². The van der Waals surface area contributed by atoms with Crippen molar-refractivity contribution in [1.29, 1.82) is 0 Å². The Labute approximate surface area is 94.9 Å². The molecule has 0 saturated heterocycles. The molecule has 0 aliphatic carbocycles. The van der Waals surface area contributed by atoms with Crippen LogP contribution in [0.3, 0.4) is 0 Å². The summed E-state index contributed by atoms with van der Waals surface area (Å²) in [5, 5.41) is 21.1. The van der Waals surface area contributed by atoms with E-state index in [9.17, 15) is 9.90 Å². The third kappa shape index (κ3) is 2.97. The van der Waals surface area contributed by atoms with Gasteiger partial charge >= 0.3 is 0 Å². The van der Waals surface area contributed by atoms with Crippen LogP contribution < -0.4 is 5.32 Å². The lowest BCUT2D eigenvalue weighted by Crippen LogP contribution is -2.36. The van der Waals surface area contributed by atoms with Crippen LogP contribution in [0.5, 0.6) is 5.75 Å². The molecule has 0 saturated carbocycles. The molecule has 4 heteroatoms. The first-order chi connectivity index (χ1) is 7.58. The monoisotopic (exact) mass is 223 g/mol. The van der Waals surface area contributed by atoms with E-state index in [0.29, 0.717) is 12.0 Å². The molecule has 1 aromatic carbocycles. The molecule has 0 aliphatic rings. The number of benzene rings is 1. The van der Waals surface area contributed by atoms with Crippen molar-refractivity contribution >= 4 is 5.91 Å². The zero-order valence-corrected chi connectivity index (χ0v) is 9.53. The van der Waals surface area contributed by atoms with E-state index in [1.165, 1.54) is 6.07 Å². The number of aromatic hydroxyl groups is 1.